The molecule has 303 valence electrons. The average Bonchev–Trinajstić information content (AvgIpc) is 3.58. The Bertz CT molecular complexity index is 2030. The molecule has 4 aromatic rings. The molecule has 1 unspecified atom stereocenters. The summed E-state index contributed by atoms with van der Waals surface area (Å²) in [6.45, 7) is 23.8. The Labute approximate surface area is 351 Å². The Balaban J connectivity index is 0.00000620. The fourth-order valence-corrected chi connectivity index (χ4v) is 10.3. The number of fused-ring (bicyclic) bond motifs is 1. The van der Waals surface area contributed by atoms with Crippen molar-refractivity contribution in [2.75, 3.05) is 27.8 Å². The first-order valence-corrected chi connectivity index (χ1v) is 21.8. The van der Waals surface area contributed by atoms with Crippen molar-refractivity contribution in [1.29, 1.82) is 0 Å². The van der Waals surface area contributed by atoms with Crippen LogP contribution < -0.4 is 31.8 Å². The Morgan fingerprint density at radius 3 is 1.61 bits per heavy atom. The number of rotatable bonds is 11. The number of amides is 2. The van der Waals surface area contributed by atoms with Crippen LogP contribution in [0.15, 0.2) is 78.9 Å². The summed E-state index contributed by atoms with van der Waals surface area (Å²) in [5, 5.41) is 11.3. The molecular weight excluding hydrogens is 825 g/mol. The number of halogens is 1. The zero-order valence-corrected chi connectivity index (χ0v) is 37.1. The second-order valence-electron chi connectivity index (χ2n) is 16.4. The molecule has 1 atom stereocenters. The van der Waals surface area contributed by atoms with Gasteiger partial charge in [-0.2, -0.15) is 0 Å². The summed E-state index contributed by atoms with van der Waals surface area (Å²) in [5.74, 6) is 0.649. The van der Waals surface area contributed by atoms with Gasteiger partial charge in [0.15, 0.2) is 0 Å². The summed E-state index contributed by atoms with van der Waals surface area (Å²) in [6, 6.07) is 24.6. The number of nitro benzene ring substituents is 1. The van der Waals surface area contributed by atoms with Crippen LogP contribution in [0.5, 0.6) is 5.75 Å². The molecule has 6 rings (SSSR count). The van der Waals surface area contributed by atoms with E-state index in [-0.39, 0.29) is 34.3 Å². The first-order valence-electron chi connectivity index (χ1n) is 19.8. The number of anilines is 3. The molecule has 1 saturated heterocycles. The molecule has 2 heterocycles. The first-order chi connectivity index (χ1) is 26.6. The molecule has 2 amide bonds. The van der Waals surface area contributed by atoms with Crippen LogP contribution in [0.3, 0.4) is 0 Å². The second-order valence-corrected chi connectivity index (χ2v) is 18.3. The first kappa shape index (κ1) is 43.7. The molecule has 0 radical (unpaired) electrons. The fraction of sp³-hybridized carbons (Fsp3) is 0.413. The van der Waals surface area contributed by atoms with Crippen molar-refractivity contribution in [3.63, 3.8) is 0 Å². The van der Waals surface area contributed by atoms with Crippen molar-refractivity contribution in [3.8, 4) is 5.75 Å². The summed E-state index contributed by atoms with van der Waals surface area (Å²) in [6.07, 6.45) is -0.882. The van der Waals surface area contributed by atoms with Crippen LogP contribution in [-0.4, -0.2) is 45.3 Å². The van der Waals surface area contributed by atoms with Crippen LogP contribution in [0, 0.1) is 16.0 Å². The molecule has 9 nitrogen and oxygen atoms in total. The number of imide groups is 1. The van der Waals surface area contributed by atoms with Gasteiger partial charge in [-0.1, -0.05) is 0 Å². The second kappa shape index (κ2) is 18.0. The van der Waals surface area contributed by atoms with Crippen molar-refractivity contribution >= 4 is 39.2 Å². The maximum absolute atomic E-state index is 14.1. The van der Waals surface area contributed by atoms with E-state index in [1.807, 2.05) is 26.0 Å². The average molecular weight is 880 g/mol. The van der Waals surface area contributed by atoms with Crippen LogP contribution in [-0.2, 0) is 21.5 Å². The van der Waals surface area contributed by atoms with Crippen molar-refractivity contribution in [1.82, 2.24) is 0 Å². The maximum Gasteiger partial charge on any atom is -1.00 e. The van der Waals surface area contributed by atoms with E-state index in [9.17, 15) is 19.7 Å². The topological polar surface area (TPSA) is 96.2 Å². The van der Waals surface area contributed by atoms with Crippen molar-refractivity contribution in [2.45, 2.75) is 104 Å². The number of hydrogen-bond donors (Lipinski definition) is 0. The Hall–Kier alpha value is -4.40. The number of non-ortho nitro benzene ring substituents is 1. The van der Waals surface area contributed by atoms with E-state index in [2.05, 4.69) is 106 Å². The quantitative estimate of drug-likeness (QED) is 0.0680. The number of nitrogens with zero attached hydrogens (tertiary/aromatic N) is 4. The molecule has 1 fully saturated rings. The maximum atomic E-state index is 14.1. The molecule has 0 N–H and O–H groups in total. The minimum absolute atomic E-state index is 0. The van der Waals surface area contributed by atoms with Gasteiger partial charge in [0.05, 0.1) is 0 Å². The summed E-state index contributed by atoms with van der Waals surface area (Å²) in [5.41, 5.74) is 9.35. The normalized spacial score (nSPS) is 16.0. The zero-order valence-electron chi connectivity index (χ0n) is 34.6. The van der Waals surface area contributed by atoms with Crippen LogP contribution >= 0.6 is 0 Å². The number of ether oxygens (including phenoxy) is 1. The molecule has 0 aliphatic carbocycles. The molecule has 11 heteroatoms. The van der Waals surface area contributed by atoms with Crippen molar-refractivity contribution in [2.24, 2.45) is 5.92 Å². The van der Waals surface area contributed by atoms with E-state index in [1.165, 1.54) is 62.8 Å². The Morgan fingerprint density at radius 1 is 0.737 bits per heavy atom. The Morgan fingerprint density at radius 2 is 1.19 bits per heavy atom. The number of benzene rings is 4. The van der Waals surface area contributed by atoms with Crippen LogP contribution in [0.25, 0.3) is 0 Å². The third-order valence-corrected chi connectivity index (χ3v) is 13.2. The number of hydrogen-bond acceptors (Lipinski definition) is 7. The van der Waals surface area contributed by atoms with E-state index in [1.54, 1.807) is 6.07 Å². The Kier molecular flexibility index (Phi) is 13.8. The van der Waals surface area contributed by atoms with E-state index in [4.69, 9.17) is 4.74 Å². The number of nitro groups is 1. The van der Waals surface area contributed by atoms with E-state index >= 15 is 0 Å². The summed E-state index contributed by atoms with van der Waals surface area (Å²) in [7, 11) is 0. The van der Waals surface area contributed by atoms with Gasteiger partial charge in [-0.05, 0) is 0 Å². The van der Waals surface area contributed by atoms with Gasteiger partial charge in [0.2, 0.25) is 0 Å². The zero-order chi connectivity index (χ0) is 40.6. The summed E-state index contributed by atoms with van der Waals surface area (Å²) < 4.78 is 8.91. The standard InChI is InChI=1S/C27H39N2.C19H16N2O5.ClH.Ru/c1-18(2)22-11-9-12-23(19(3)4)26(22)28-15-16-29(17-28)27-24(20(5)6)13-10-14-25(27)21(7)8;1-11(2)16-19(23)20(15-6-4-5-12(3)17(15)26-16)18(22)13-7-9-14(10-8-13)21(24)25;;/h9-14,17-21H,15-16H2,1-8H3;3-11,16H,1-2H3;1H;/q;;;+2/p-1. The molecule has 57 heavy (non-hydrogen) atoms. The minimum Gasteiger partial charge on any atom is -1.00 e. The van der Waals surface area contributed by atoms with E-state index in [0.717, 1.165) is 18.7 Å². The van der Waals surface area contributed by atoms with Gasteiger partial charge in [-0.3, -0.25) is 0 Å². The van der Waals surface area contributed by atoms with Crippen LogP contribution in [0.2, 0.25) is 0 Å². The molecular formula is C46H55ClN4O5Ru+. The molecule has 0 saturated carbocycles. The van der Waals surface area contributed by atoms with Gasteiger partial charge in [-0.25, -0.2) is 0 Å². The third-order valence-electron chi connectivity index (χ3n) is 10.7. The largest absolute Gasteiger partial charge is 1.00 e. The summed E-state index contributed by atoms with van der Waals surface area (Å²) in [4.78, 5) is 45.4. The monoisotopic (exact) mass is 880 g/mol. The number of carbonyl (C=O) groups excluding carboxylic acids is 2. The molecule has 2 aliphatic rings. The fourth-order valence-electron chi connectivity index (χ4n) is 7.79. The smallest absolute Gasteiger partial charge is 1.00 e. The molecule has 4 aromatic carbocycles. The molecule has 0 spiro atoms. The van der Waals surface area contributed by atoms with Gasteiger partial charge < -0.3 is 12.4 Å². The van der Waals surface area contributed by atoms with E-state index < -0.39 is 39.5 Å². The number of carbonyl (C=O) groups is 2. The molecule has 0 bridgehead atoms. The molecule has 0 aromatic heterocycles. The molecule has 2 aliphatic heterocycles. The van der Waals surface area contributed by atoms with Gasteiger partial charge in [0.25, 0.3) is 0 Å². The predicted octanol–water partition coefficient (Wildman–Crippen LogP) is 7.23. The van der Waals surface area contributed by atoms with Crippen molar-refractivity contribution in [3.05, 3.63) is 122 Å². The van der Waals surface area contributed by atoms with Crippen LogP contribution in [0.1, 0.15) is 131 Å². The van der Waals surface area contributed by atoms with Gasteiger partial charge >= 0.3 is 341 Å². The SMILES string of the molecule is CC(C)c1cccc(C(C)C)c1N1CCN(c2c(C(C)C)cccc2C(C)C)[CH]1[Ru+2]=[CH]c1cccc2c1OC(C(C)C)C(=O)N2C(=O)c1ccc([N+](=O)[O-])cc1.[Cl-]. The number of para-hydroxylation sites is 3. The minimum atomic E-state index is -0.882. The van der Waals surface area contributed by atoms with E-state index in [0.29, 0.717) is 35.1 Å². The van der Waals surface area contributed by atoms with Gasteiger partial charge in [0.1, 0.15) is 0 Å². The third kappa shape index (κ3) is 8.59. The van der Waals surface area contributed by atoms with Crippen molar-refractivity contribution < 1.29 is 48.3 Å². The van der Waals surface area contributed by atoms with Gasteiger partial charge in [-0.15, -0.1) is 0 Å². The van der Waals surface area contributed by atoms with Crippen LogP contribution in [0.4, 0.5) is 22.7 Å². The summed E-state index contributed by atoms with van der Waals surface area (Å²) >= 11 is -0.512. The predicted molar refractivity (Wildman–Crippen MR) is 223 cm³/mol. The van der Waals surface area contributed by atoms with Gasteiger partial charge in [0, 0.05) is 0 Å².